The minimum Gasteiger partial charge on any atom is -0.486 e. The van der Waals surface area contributed by atoms with Crippen LogP contribution in [0.5, 0.6) is 5.75 Å². The van der Waals surface area contributed by atoms with Gasteiger partial charge in [-0.2, -0.15) is 0 Å². The molecule has 5 rings (SSSR count). The third kappa shape index (κ3) is 1.44. The molecule has 4 aliphatic rings. The predicted octanol–water partition coefficient (Wildman–Crippen LogP) is 1.39. The summed E-state index contributed by atoms with van der Waals surface area (Å²) < 4.78 is 6.17. The van der Waals surface area contributed by atoms with Gasteiger partial charge in [-0.05, 0) is 44.0 Å². The Hall–Kier alpha value is -1.36. The molecule has 0 radical (unpaired) electrons. The van der Waals surface area contributed by atoms with E-state index in [2.05, 4.69) is 17.9 Å². The van der Waals surface area contributed by atoms with Crippen molar-refractivity contribution >= 4 is 0 Å². The number of benzene rings is 1. The lowest BCUT2D eigenvalue weighted by Crippen LogP contribution is -2.75. The molecule has 2 aliphatic heterocycles. The summed E-state index contributed by atoms with van der Waals surface area (Å²) in [6.45, 7) is 4.14. The highest BCUT2D eigenvalue weighted by atomic mass is 16.5. The lowest BCUT2D eigenvalue weighted by atomic mass is 9.50. The highest BCUT2D eigenvalue weighted by Crippen LogP contribution is 2.62. The van der Waals surface area contributed by atoms with Gasteiger partial charge in [0.25, 0.3) is 0 Å². The summed E-state index contributed by atoms with van der Waals surface area (Å²) >= 11 is 0. The van der Waals surface area contributed by atoms with Crippen molar-refractivity contribution in [2.45, 2.75) is 55.5 Å². The van der Waals surface area contributed by atoms with Crippen LogP contribution in [0.2, 0.25) is 0 Å². The third-order valence-corrected chi connectivity index (χ3v) is 6.54. The number of hydrogen-bond donors (Lipinski definition) is 2. The molecule has 0 amide bonds. The van der Waals surface area contributed by atoms with E-state index in [4.69, 9.17) is 4.74 Å². The van der Waals surface area contributed by atoms with Crippen LogP contribution in [-0.4, -0.2) is 52.1 Å². The molecule has 1 aromatic rings. The van der Waals surface area contributed by atoms with Crippen LogP contribution in [0.4, 0.5) is 0 Å². The van der Waals surface area contributed by atoms with Crippen LogP contribution < -0.4 is 4.74 Å². The molecule has 23 heavy (non-hydrogen) atoms. The van der Waals surface area contributed by atoms with Gasteiger partial charge in [-0.15, -0.1) is 0 Å². The Bertz CT molecular complexity index is 702. The molecule has 2 N–H and O–H groups in total. The molecule has 1 aromatic carbocycles. The second-order valence-electron chi connectivity index (χ2n) is 7.48. The molecule has 1 fully saturated rings. The van der Waals surface area contributed by atoms with Crippen molar-refractivity contribution in [1.82, 2.24) is 4.90 Å². The van der Waals surface area contributed by atoms with E-state index >= 15 is 0 Å². The number of ether oxygens (including phenoxy) is 1. The van der Waals surface area contributed by atoms with Gasteiger partial charge in [0, 0.05) is 11.6 Å². The molecule has 1 saturated heterocycles. The Morgan fingerprint density at radius 3 is 3.09 bits per heavy atom. The van der Waals surface area contributed by atoms with Crippen molar-refractivity contribution in [3.8, 4) is 5.75 Å². The van der Waals surface area contributed by atoms with Gasteiger partial charge < -0.3 is 14.9 Å². The Kier molecular flexibility index (Phi) is 2.67. The average Bonchev–Trinajstić information content (AvgIpc) is 2.88. The van der Waals surface area contributed by atoms with Gasteiger partial charge in [0.15, 0.2) is 0 Å². The minimum atomic E-state index is -0.954. The molecule has 5 atom stereocenters. The fraction of sp³-hybridized carbons (Fsp3) is 0.579. The van der Waals surface area contributed by atoms with E-state index in [9.17, 15) is 10.2 Å². The van der Waals surface area contributed by atoms with Gasteiger partial charge >= 0.3 is 0 Å². The van der Waals surface area contributed by atoms with E-state index in [-0.39, 0.29) is 12.1 Å². The number of rotatable bonds is 2. The minimum absolute atomic E-state index is 0.0619. The van der Waals surface area contributed by atoms with E-state index in [1.807, 2.05) is 18.2 Å². The van der Waals surface area contributed by atoms with Crippen molar-refractivity contribution < 1.29 is 14.9 Å². The fourth-order valence-corrected chi connectivity index (χ4v) is 5.69. The molecule has 0 aromatic heterocycles. The summed E-state index contributed by atoms with van der Waals surface area (Å²) in [5.74, 6) is 0.857. The number of hydrogen-bond acceptors (Lipinski definition) is 4. The first-order chi connectivity index (χ1) is 11.1. The monoisotopic (exact) mass is 313 g/mol. The number of nitrogens with zero attached hydrogens (tertiary/aromatic N) is 1. The van der Waals surface area contributed by atoms with Gasteiger partial charge in [0.2, 0.25) is 0 Å². The van der Waals surface area contributed by atoms with E-state index in [1.54, 1.807) is 6.08 Å². The summed E-state index contributed by atoms with van der Waals surface area (Å²) in [6, 6.07) is 6.25. The van der Waals surface area contributed by atoms with Crippen LogP contribution in [0.25, 0.3) is 0 Å². The molecule has 2 aliphatic carbocycles. The number of aliphatic hydroxyl groups excluding tert-OH is 1. The normalized spacial score (nSPS) is 43.2. The fourth-order valence-electron chi connectivity index (χ4n) is 5.69. The van der Waals surface area contributed by atoms with Crippen LogP contribution in [0.3, 0.4) is 0 Å². The molecule has 2 bridgehead atoms. The predicted molar refractivity (Wildman–Crippen MR) is 86.6 cm³/mol. The van der Waals surface area contributed by atoms with Gasteiger partial charge in [0.05, 0.1) is 5.41 Å². The highest BCUT2D eigenvalue weighted by molar-refractivity contribution is 5.59. The SMILES string of the molecule is CCCN1CC[C@]23c4c5cccc4O[C@H]2C(O)C=C[C@@]3(O)[C@H]1C5. The Morgan fingerprint density at radius 1 is 1.39 bits per heavy atom. The van der Waals surface area contributed by atoms with Crippen molar-refractivity contribution in [3.05, 3.63) is 41.5 Å². The van der Waals surface area contributed by atoms with Crippen LogP contribution >= 0.6 is 0 Å². The molecule has 2 heterocycles. The largest absolute Gasteiger partial charge is 0.486 e. The maximum atomic E-state index is 11.8. The summed E-state index contributed by atoms with van der Waals surface area (Å²) in [5, 5.41) is 22.3. The van der Waals surface area contributed by atoms with Crippen molar-refractivity contribution in [1.29, 1.82) is 0 Å². The zero-order valence-electron chi connectivity index (χ0n) is 13.4. The van der Waals surface area contributed by atoms with E-state index in [0.29, 0.717) is 0 Å². The van der Waals surface area contributed by atoms with Crippen molar-refractivity contribution in [2.75, 3.05) is 13.1 Å². The first-order valence-corrected chi connectivity index (χ1v) is 8.74. The van der Waals surface area contributed by atoms with Gasteiger partial charge in [0.1, 0.15) is 23.6 Å². The molecule has 4 nitrogen and oxygen atoms in total. The zero-order chi connectivity index (χ0) is 15.8. The standard InChI is InChI=1S/C19H23NO3/c1-2-9-20-10-8-18-16-12-4-3-5-14(16)23-17(18)13(21)6-7-19(18,22)15(20)11-12/h3-7,13,15,17,21-22H,2,8-11H2,1H3/t13?,15-,17+,18+,19-/m1/s1. The van der Waals surface area contributed by atoms with Crippen LogP contribution in [-0.2, 0) is 11.8 Å². The van der Waals surface area contributed by atoms with Crippen LogP contribution in [0.1, 0.15) is 30.9 Å². The molecule has 0 saturated carbocycles. The van der Waals surface area contributed by atoms with E-state index in [1.165, 1.54) is 5.56 Å². The molecule has 1 unspecified atom stereocenters. The molecule has 1 spiro atoms. The van der Waals surface area contributed by atoms with E-state index < -0.39 is 17.1 Å². The topological polar surface area (TPSA) is 52.9 Å². The van der Waals surface area contributed by atoms with Gasteiger partial charge in [-0.3, -0.25) is 4.90 Å². The summed E-state index contributed by atoms with van der Waals surface area (Å²) in [6.07, 6.45) is 5.33. The first kappa shape index (κ1) is 14.0. The van der Waals surface area contributed by atoms with Crippen molar-refractivity contribution in [2.24, 2.45) is 0 Å². The Balaban J connectivity index is 1.78. The Labute approximate surface area is 136 Å². The maximum absolute atomic E-state index is 11.8. The second kappa shape index (κ2) is 4.38. The number of piperidine rings is 1. The van der Waals surface area contributed by atoms with E-state index in [0.717, 1.165) is 43.7 Å². The van der Waals surface area contributed by atoms with Crippen LogP contribution in [0.15, 0.2) is 30.4 Å². The average molecular weight is 313 g/mol. The molecular formula is C19H23NO3. The lowest BCUT2D eigenvalue weighted by Gasteiger charge is -2.61. The summed E-state index contributed by atoms with van der Waals surface area (Å²) in [5.41, 5.74) is 0.982. The molecule has 4 heteroatoms. The quantitative estimate of drug-likeness (QED) is 0.810. The Morgan fingerprint density at radius 2 is 2.26 bits per heavy atom. The molecule has 122 valence electrons. The zero-order valence-corrected chi connectivity index (χ0v) is 13.4. The smallest absolute Gasteiger partial charge is 0.141 e. The second-order valence-corrected chi connectivity index (χ2v) is 7.48. The number of aliphatic hydroxyl groups is 2. The van der Waals surface area contributed by atoms with Crippen molar-refractivity contribution in [3.63, 3.8) is 0 Å². The highest BCUT2D eigenvalue weighted by Gasteiger charge is 2.71. The lowest BCUT2D eigenvalue weighted by molar-refractivity contribution is -0.156. The summed E-state index contributed by atoms with van der Waals surface area (Å²) in [7, 11) is 0. The summed E-state index contributed by atoms with van der Waals surface area (Å²) in [4.78, 5) is 2.43. The van der Waals surface area contributed by atoms with Gasteiger partial charge in [-0.25, -0.2) is 0 Å². The van der Waals surface area contributed by atoms with Crippen LogP contribution in [0, 0.1) is 0 Å². The molecular weight excluding hydrogens is 290 g/mol. The third-order valence-electron chi connectivity index (χ3n) is 6.54. The first-order valence-electron chi connectivity index (χ1n) is 8.74. The maximum Gasteiger partial charge on any atom is 0.141 e. The number of likely N-dealkylation sites (tertiary alicyclic amines) is 1. The van der Waals surface area contributed by atoms with Gasteiger partial charge in [-0.1, -0.05) is 31.2 Å².